The van der Waals surface area contributed by atoms with Gasteiger partial charge in [-0.3, -0.25) is 9.59 Å². The predicted molar refractivity (Wildman–Crippen MR) is 134 cm³/mol. The Morgan fingerprint density at radius 2 is 1.69 bits per heavy atom. The predicted octanol–water partition coefficient (Wildman–Crippen LogP) is 4.76. The van der Waals surface area contributed by atoms with E-state index in [1.54, 1.807) is 13.2 Å². The molecule has 2 rings (SSSR count). The number of pyridine rings is 1. The molecule has 0 bridgehead atoms. The third kappa shape index (κ3) is 10.8. The van der Waals surface area contributed by atoms with Crippen molar-refractivity contribution in [1.82, 2.24) is 4.98 Å². The van der Waals surface area contributed by atoms with Crippen LogP contribution in [0.3, 0.4) is 0 Å². The van der Waals surface area contributed by atoms with Crippen molar-refractivity contribution in [3.63, 3.8) is 0 Å². The zero-order valence-electron chi connectivity index (χ0n) is 20.7. The Balaban J connectivity index is 1.86. The van der Waals surface area contributed by atoms with E-state index in [1.807, 2.05) is 30.3 Å². The maximum atomic E-state index is 11.6. The van der Waals surface area contributed by atoms with Gasteiger partial charge in [-0.2, -0.15) is 0 Å². The average molecular weight is 480 g/mol. The van der Waals surface area contributed by atoms with Gasteiger partial charge in [-0.15, -0.1) is 0 Å². The summed E-state index contributed by atoms with van der Waals surface area (Å²) in [5, 5.41) is 0. The Bertz CT molecular complexity index is 1030. The fourth-order valence-electron chi connectivity index (χ4n) is 3.09. The van der Waals surface area contributed by atoms with Gasteiger partial charge < -0.3 is 18.9 Å². The average Bonchev–Trinajstić information content (AvgIpc) is 2.89. The molecule has 35 heavy (non-hydrogen) atoms. The summed E-state index contributed by atoms with van der Waals surface area (Å²) in [6.45, 7) is 0.549. The van der Waals surface area contributed by atoms with Crippen LogP contribution in [-0.4, -0.2) is 44.9 Å². The normalized spacial score (nSPS) is 10.4. The van der Waals surface area contributed by atoms with Crippen LogP contribution in [-0.2, 0) is 25.5 Å². The van der Waals surface area contributed by atoms with E-state index in [1.165, 1.54) is 14.2 Å². The van der Waals surface area contributed by atoms with Crippen LogP contribution >= 0.6 is 0 Å². The number of esters is 2. The van der Waals surface area contributed by atoms with Crippen LogP contribution < -0.4 is 9.47 Å². The molecule has 0 radical (unpaired) electrons. The van der Waals surface area contributed by atoms with Gasteiger partial charge in [-0.1, -0.05) is 30.2 Å². The zero-order chi connectivity index (χ0) is 25.3. The second kappa shape index (κ2) is 15.9. The monoisotopic (exact) mass is 479 g/mol. The van der Waals surface area contributed by atoms with E-state index in [0.29, 0.717) is 36.6 Å². The van der Waals surface area contributed by atoms with Crippen molar-refractivity contribution in [3.8, 4) is 23.3 Å². The standard InChI is InChI=1S/C28H33NO6/c1-32-24-16-13-22(14-17-24)10-6-4-5-9-21-35-26-19-15-23(11-7-8-12-27(30)33-2)29-25(26)18-20-28(31)34-3/h6,10,13-17,19H,4-5,8-9,12,18,20-21H2,1-3H3. The smallest absolute Gasteiger partial charge is 0.306 e. The van der Waals surface area contributed by atoms with E-state index in [4.69, 9.17) is 14.2 Å². The third-order valence-corrected chi connectivity index (χ3v) is 5.07. The van der Waals surface area contributed by atoms with E-state index in [-0.39, 0.29) is 24.8 Å². The molecule has 0 aliphatic heterocycles. The summed E-state index contributed by atoms with van der Waals surface area (Å²) in [4.78, 5) is 27.3. The van der Waals surface area contributed by atoms with Crippen molar-refractivity contribution in [2.24, 2.45) is 0 Å². The summed E-state index contributed by atoms with van der Waals surface area (Å²) < 4.78 is 20.5. The van der Waals surface area contributed by atoms with E-state index in [2.05, 4.69) is 33.7 Å². The highest BCUT2D eigenvalue weighted by Gasteiger charge is 2.10. The summed E-state index contributed by atoms with van der Waals surface area (Å²) in [5.74, 6) is 6.75. The highest BCUT2D eigenvalue weighted by atomic mass is 16.5. The number of methoxy groups -OCH3 is 3. The number of nitrogens with zero attached hydrogens (tertiary/aromatic N) is 1. The Labute approximate surface area is 207 Å². The molecule has 0 atom stereocenters. The van der Waals surface area contributed by atoms with Crippen LogP contribution in [0.4, 0.5) is 0 Å². The first-order valence-electron chi connectivity index (χ1n) is 11.6. The van der Waals surface area contributed by atoms with Gasteiger partial charge in [-0.25, -0.2) is 4.98 Å². The van der Waals surface area contributed by atoms with E-state index in [9.17, 15) is 9.59 Å². The number of aryl methyl sites for hydroxylation is 1. The highest BCUT2D eigenvalue weighted by Crippen LogP contribution is 2.20. The van der Waals surface area contributed by atoms with Gasteiger partial charge in [0.05, 0.1) is 46.5 Å². The number of unbranched alkanes of at least 4 members (excludes halogenated alkanes) is 2. The van der Waals surface area contributed by atoms with Gasteiger partial charge in [0.2, 0.25) is 0 Å². The fraction of sp³-hybridized carbons (Fsp3) is 0.393. The SMILES string of the molecule is COC(=O)CCC#Cc1ccc(OCCCCC=Cc2ccc(OC)cc2)c(CCC(=O)OC)n1. The van der Waals surface area contributed by atoms with Crippen LogP contribution in [0, 0.1) is 11.8 Å². The van der Waals surface area contributed by atoms with Gasteiger partial charge in [-0.05, 0) is 55.0 Å². The van der Waals surface area contributed by atoms with Gasteiger partial charge in [0, 0.05) is 12.8 Å². The largest absolute Gasteiger partial charge is 0.497 e. The van der Waals surface area contributed by atoms with Crippen molar-refractivity contribution in [1.29, 1.82) is 0 Å². The molecule has 0 amide bonds. The Morgan fingerprint density at radius 3 is 2.40 bits per heavy atom. The van der Waals surface area contributed by atoms with Crippen molar-refractivity contribution < 1.29 is 28.5 Å². The number of carbonyl (C=O) groups excluding carboxylic acids is 2. The van der Waals surface area contributed by atoms with Crippen molar-refractivity contribution in [2.45, 2.75) is 44.9 Å². The minimum Gasteiger partial charge on any atom is -0.497 e. The van der Waals surface area contributed by atoms with Crippen LogP contribution in [0.5, 0.6) is 11.5 Å². The quantitative estimate of drug-likeness (QED) is 0.233. The van der Waals surface area contributed by atoms with Crippen molar-refractivity contribution in [2.75, 3.05) is 27.9 Å². The van der Waals surface area contributed by atoms with E-state index >= 15 is 0 Å². The van der Waals surface area contributed by atoms with Crippen LogP contribution in [0.2, 0.25) is 0 Å². The summed E-state index contributed by atoms with van der Waals surface area (Å²) >= 11 is 0. The molecule has 0 fully saturated rings. The topological polar surface area (TPSA) is 84.0 Å². The first-order valence-corrected chi connectivity index (χ1v) is 11.6. The molecule has 1 aromatic carbocycles. The zero-order valence-corrected chi connectivity index (χ0v) is 20.7. The molecular formula is C28H33NO6. The van der Waals surface area contributed by atoms with Crippen LogP contribution in [0.25, 0.3) is 6.08 Å². The second-order valence-electron chi connectivity index (χ2n) is 7.62. The second-order valence-corrected chi connectivity index (χ2v) is 7.62. The molecule has 0 aliphatic carbocycles. The minimum atomic E-state index is -0.309. The van der Waals surface area contributed by atoms with Gasteiger partial charge in [0.1, 0.15) is 17.2 Å². The van der Waals surface area contributed by atoms with Crippen LogP contribution in [0.15, 0.2) is 42.5 Å². The maximum Gasteiger partial charge on any atom is 0.306 e. The molecule has 186 valence electrons. The molecule has 1 heterocycles. The molecule has 0 saturated carbocycles. The molecule has 0 aliphatic rings. The van der Waals surface area contributed by atoms with Crippen molar-refractivity contribution >= 4 is 18.0 Å². The number of benzene rings is 1. The Hall–Kier alpha value is -3.79. The number of hydrogen-bond donors (Lipinski definition) is 0. The summed E-state index contributed by atoms with van der Waals surface area (Å²) in [6.07, 6.45) is 8.29. The third-order valence-electron chi connectivity index (χ3n) is 5.07. The molecule has 2 aromatic rings. The van der Waals surface area contributed by atoms with Crippen LogP contribution in [0.1, 0.15) is 55.5 Å². The molecule has 0 spiro atoms. The molecule has 7 nitrogen and oxygen atoms in total. The molecule has 0 N–H and O–H groups in total. The molecule has 0 saturated heterocycles. The number of hydrogen-bond acceptors (Lipinski definition) is 7. The van der Waals surface area contributed by atoms with Crippen molar-refractivity contribution in [3.05, 3.63) is 59.4 Å². The Kier molecular flexibility index (Phi) is 12.5. The van der Waals surface area contributed by atoms with Gasteiger partial charge in [0.25, 0.3) is 0 Å². The van der Waals surface area contributed by atoms with Gasteiger partial charge >= 0.3 is 11.9 Å². The van der Waals surface area contributed by atoms with E-state index in [0.717, 1.165) is 30.6 Å². The lowest BCUT2D eigenvalue weighted by atomic mass is 10.1. The highest BCUT2D eigenvalue weighted by molar-refractivity contribution is 5.70. The molecule has 1 aromatic heterocycles. The number of rotatable bonds is 13. The number of allylic oxidation sites excluding steroid dienone is 1. The minimum absolute atomic E-state index is 0.204. The molecule has 0 unspecified atom stereocenters. The summed E-state index contributed by atoms with van der Waals surface area (Å²) in [5.41, 5.74) is 2.36. The fourth-order valence-corrected chi connectivity index (χ4v) is 3.09. The molecular weight excluding hydrogens is 446 g/mol. The first kappa shape index (κ1) is 27.5. The number of carbonyl (C=O) groups is 2. The first-order chi connectivity index (χ1) is 17.0. The maximum absolute atomic E-state index is 11.6. The number of ether oxygens (including phenoxy) is 4. The summed E-state index contributed by atoms with van der Waals surface area (Å²) in [6, 6.07) is 11.5. The lowest BCUT2D eigenvalue weighted by molar-refractivity contribution is -0.141. The Morgan fingerprint density at radius 1 is 0.943 bits per heavy atom. The lowest BCUT2D eigenvalue weighted by Crippen LogP contribution is -2.07. The van der Waals surface area contributed by atoms with E-state index < -0.39 is 0 Å². The lowest BCUT2D eigenvalue weighted by Gasteiger charge is -2.11. The number of aromatic nitrogens is 1. The molecule has 7 heteroatoms. The summed E-state index contributed by atoms with van der Waals surface area (Å²) in [7, 11) is 4.37. The van der Waals surface area contributed by atoms with Gasteiger partial charge in [0.15, 0.2) is 0 Å².